The van der Waals surface area contributed by atoms with Crippen molar-refractivity contribution in [2.75, 3.05) is 13.1 Å². The van der Waals surface area contributed by atoms with Crippen molar-refractivity contribution in [3.05, 3.63) is 51.7 Å². The van der Waals surface area contributed by atoms with Gasteiger partial charge in [0.1, 0.15) is 0 Å². The van der Waals surface area contributed by atoms with Gasteiger partial charge in [-0.05, 0) is 38.0 Å². The number of benzene rings is 1. The van der Waals surface area contributed by atoms with E-state index in [9.17, 15) is 0 Å². The van der Waals surface area contributed by atoms with E-state index in [0.717, 1.165) is 66.0 Å². The van der Waals surface area contributed by atoms with Crippen molar-refractivity contribution in [2.45, 2.75) is 46.6 Å². The van der Waals surface area contributed by atoms with Crippen LogP contribution in [0.5, 0.6) is 0 Å². The van der Waals surface area contributed by atoms with Gasteiger partial charge in [0.15, 0.2) is 11.8 Å². The number of nitrogens with zero attached hydrogens (tertiary/aromatic N) is 4. The van der Waals surface area contributed by atoms with Gasteiger partial charge in [-0.25, -0.2) is 9.98 Å². The van der Waals surface area contributed by atoms with Crippen LogP contribution in [-0.4, -0.2) is 34.2 Å². The van der Waals surface area contributed by atoms with E-state index in [0.29, 0.717) is 12.4 Å². The molecule has 0 aliphatic carbocycles. The second-order valence-corrected chi connectivity index (χ2v) is 7.76. The molecule has 0 aliphatic heterocycles. The monoisotopic (exact) mass is 412 g/mol. The first kappa shape index (κ1) is 21.0. The lowest BCUT2D eigenvalue weighted by Gasteiger charge is -2.11. The van der Waals surface area contributed by atoms with Crippen LogP contribution < -0.4 is 10.6 Å². The number of aliphatic imine (C=N–C) groups is 1. The molecule has 3 aromatic rings. The molecule has 0 spiro atoms. The molecule has 2 N–H and O–H groups in total. The summed E-state index contributed by atoms with van der Waals surface area (Å²) >= 11 is 1.68. The highest BCUT2D eigenvalue weighted by molar-refractivity contribution is 7.09. The summed E-state index contributed by atoms with van der Waals surface area (Å²) in [6, 6.07) is 8.08. The summed E-state index contributed by atoms with van der Waals surface area (Å²) in [5.41, 5.74) is 3.13. The van der Waals surface area contributed by atoms with Gasteiger partial charge in [-0.1, -0.05) is 24.2 Å². The molecule has 0 saturated carbocycles. The first-order chi connectivity index (χ1) is 14.2. The second-order valence-electron chi connectivity index (χ2n) is 6.70. The lowest BCUT2D eigenvalue weighted by Crippen LogP contribution is -2.38. The van der Waals surface area contributed by atoms with Crippen LogP contribution >= 0.6 is 11.3 Å². The van der Waals surface area contributed by atoms with Gasteiger partial charge in [0.25, 0.3) is 5.89 Å². The van der Waals surface area contributed by atoms with Gasteiger partial charge in [0, 0.05) is 36.9 Å². The van der Waals surface area contributed by atoms with Crippen LogP contribution in [0.25, 0.3) is 11.5 Å². The molecule has 0 saturated heterocycles. The zero-order valence-electron chi connectivity index (χ0n) is 17.2. The Hall–Kier alpha value is -2.74. The van der Waals surface area contributed by atoms with E-state index < -0.39 is 0 Å². The number of hydrogen-bond acceptors (Lipinski definition) is 6. The summed E-state index contributed by atoms with van der Waals surface area (Å²) in [6.07, 6.45) is 2.70. The van der Waals surface area contributed by atoms with Gasteiger partial charge in [-0.2, -0.15) is 4.98 Å². The molecule has 2 aromatic heterocycles. The Morgan fingerprint density at radius 1 is 1.17 bits per heavy atom. The van der Waals surface area contributed by atoms with Gasteiger partial charge in [0.05, 0.1) is 17.2 Å². The summed E-state index contributed by atoms with van der Waals surface area (Å²) in [6.45, 7) is 8.35. The number of aromatic nitrogens is 3. The SMILES string of the molecule is CCCc1noc(-c2cccc(CN=C(NCC)NCCc3csc(C)n3)c2)n1. The van der Waals surface area contributed by atoms with Gasteiger partial charge in [0.2, 0.25) is 0 Å². The number of guanidine groups is 1. The topological polar surface area (TPSA) is 88.2 Å². The second kappa shape index (κ2) is 10.7. The molecule has 0 amide bonds. The zero-order chi connectivity index (χ0) is 20.5. The molecule has 7 nitrogen and oxygen atoms in total. The summed E-state index contributed by atoms with van der Waals surface area (Å²) in [7, 11) is 0. The standard InChI is InChI=1S/C21H28N6OS/c1-4-7-19-26-20(28-27-19)17-9-6-8-16(12-17)13-24-21(22-5-2)23-11-10-18-14-29-15(3)25-18/h6,8-9,12,14H,4-5,7,10-11,13H2,1-3H3,(H2,22,23,24). The van der Waals surface area contributed by atoms with Crippen LogP contribution in [0.4, 0.5) is 0 Å². The Bertz CT molecular complexity index is 933. The van der Waals surface area contributed by atoms with Crippen LogP contribution in [-0.2, 0) is 19.4 Å². The Labute approximate surface area is 175 Å². The van der Waals surface area contributed by atoms with Crippen LogP contribution in [0.2, 0.25) is 0 Å². The van der Waals surface area contributed by atoms with E-state index in [-0.39, 0.29) is 0 Å². The largest absolute Gasteiger partial charge is 0.357 e. The Morgan fingerprint density at radius 2 is 2.07 bits per heavy atom. The molecule has 8 heteroatoms. The molecule has 2 heterocycles. The van der Waals surface area contributed by atoms with Gasteiger partial charge < -0.3 is 15.2 Å². The number of hydrogen-bond donors (Lipinski definition) is 2. The van der Waals surface area contributed by atoms with E-state index in [4.69, 9.17) is 9.52 Å². The average molecular weight is 413 g/mol. The third-order valence-electron chi connectivity index (χ3n) is 4.22. The predicted molar refractivity (Wildman–Crippen MR) is 117 cm³/mol. The molecule has 0 unspecified atom stereocenters. The number of thiazole rings is 1. The van der Waals surface area contributed by atoms with E-state index >= 15 is 0 Å². The normalized spacial score (nSPS) is 11.6. The number of nitrogens with one attached hydrogen (secondary N) is 2. The minimum atomic E-state index is 0.558. The molecular weight excluding hydrogens is 384 g/mol. The van der Waals surface area contributed by atoms with Crippen molar-refractivity contribution in [3.8, 4) is 11.5 Å². The highest BCUT2D eigenvalue weighted by atomic mass is 32.1. The minimum Gasteiger partial charge on any atom is -0.357 e. The fraction of sp³-hybridized carbons (Fsp3) is 0.429. The third-order valence-corrected chi connectivity index (χ3v) is 5.04. The summed E-state index contributed by atoms with van der Waals surface area (Å²) in [5, 5.41) is 13.9. The first-order valence-corrected chi connectivity index (χ1v) is 10.9. The maximum atomic E-state index is 5.39. The van der Waals surface area contributed by atoms with E-state index in [2.05, 4.69) is 51.1 Å². The van der Waals surface area contributed by atoms with Crippen molar-refractivity contribution < 1.29 is 4.52 Å². The molecule has 0 fully saturated rings. The van der Waals surface area contributed by atoms with Crippen LogP contribution in [0, 0.1) is 6.92 Å². The molecule has 0 radical (unpaired) electrons. The highest BCUT2D eigenvalue weighted by Crippen LogP contribution is 2.19. The lowest BCUT2D eigenvalue weighted by molar-refractivity contribution is 0.422. The van der Waals surface area contributed by atoms with Crippen molar-refractivity contribution in [1.29, 1.82) is 0 Å². The Balaban J connectivity index is 1.60. The number of aryl methyl sites for hydroxylation is 2. The molecule has 0 atom stereocenters. The van der Waals surface area contributed by atoms with Crippen molar-refractivity contribution in [1.82, 2.24) is 25.8 Å². The molecule has 1 aromatic carbocycles. The number of rotatable bonds is 9. The van der Waals surface area contributed by atoms with E-state index in [1.54, 1.807) is 11.3 Å². The molecule has 154 valence electrons. The predicted octanol–water partition coefficient (Wildman–Crippen LogP) is 3.75. The fourth-order valence-electron chi connectivity index (χ4n) is 2.84. The fourth-order valence-corrected chi connectivity index (χ4v) is 3.49. The summed E-state index contributed by atoms with van der Waals surface area (Å²) in [5.74, 6) is 2.11. The quantitative estimate of drug-likeness (QED) is 0.411. The summed E-state index contributed by atoms with van der Waals surface area (Å²) < 4.78 is 5.39. The third kappa shape index (κ3) is 6.39. The molecule has 0 bridgehead atoms. The molecular formula is C21H28N6OS. The van der Waals surface area contributed by atoms with Crippen molar-refractivity contribution in [2.24, 2.45) is 4.99 Å². The first-order valence-electron chi connectivity index (χ1n) is 10.0. The van der Waals surface area contributed by atoms with E-state index in [1.165, 1.54) is 0 Å². The minimum absolute atomic E-state index is 0.558. The van der Waals surface area contributed by atoms with Gasteiger partial charge >= 0.3 is 0 Å². The maximum absolute atomic E-state index is 5.39. The van der Waals surface area contributed by atoms with Crippen LogP contribution in [0.3, 0.4) is 0 Å². The molecule has 0 aliphatic rings. The van der Waals surface area contributed by atoms with Crippen LogP contribution in [0.15, 0.2) is 39.2 Å². The van der Waals surface area contributed by atoms with Crippen LogP contribution in [0.1, 0.15) is 42.4 Å². The highest BCUT2D eigenvalue weighted by Gasteiger charge is 2.09. The Kier molecular flexibility index (Phi) is 7.75. The molecule has 29 heavy (non-hydrogen) atoms. The Morgan fingerprint density at radius 3 is 2.83 bits per heavy atom. The summed E-state index contributed by atoms with van der Waals surface area (Å²) in [4.78, 5) is 13.7. The maximum Gasteiger partial charge on any atom is 0.257 e. The van der Waals surface area contributed by atoms with Gasteiger partial charge in [-0.3, -0.25) is 0 Å². The lowest BCUT2D eigenvalue weighted by atomic mass is 10.1. The zero-order valence-corrected chi connectivity index (χ0v) is 18.1. The van der Waals surface area contributed by atoms with E-state index in [1.807, 2.05) is 25.1 Å². The van der Waals surface area contributed by atoms with Crippen molar-refractivity contribution in [3.63, 3.8) is 0 Å². The average Bonchev–Trinajstić information content (AvgIpc) is 3.36. The van der Waals surface area contributed by atoms with Gasteiger partial charge in [-0.15, -0.1) is 11.3 Å². The van der Waals surface area contributed by atoms with Crippen molar-refractivity contribution >= 4 is 17.3 Å². The smallest absolute Gasteiger partial charge is 0.257 e. The molecule has 3 rings (SSSR count).